The first kappa shape index (κ1) is 18.8. The standard InChI is InChI=1S/C21H24N4O2/c1-2-3-4-5-6-14-27-15-19(26)23-17-11-9-16(10-12-17)20-24-18-8-7-13-22-21(18)25-20/h5-13H,2-4,14-15H2,1H3,(H,23,26)(H,22,24,25)/b6-5+. The molecule has 0 unspecified atom stereocenters. The van der Waals surface area contributed by atoms with Gasteiger partial charge in [0.2, 0.25) is 5.91 Å². The van der Waals surface area contributed by atoms with Crippen LogP contribution >= 0.6 is 0 Å². The van der Waals surface area contributed by atoms with Crippen molar-refractivity contribution >= 4 is 22.8 Å². The summed E-state index contributed by atoms with van der Waals surface area (Å²) in [5.74, 6) is 0.581. The van der Waals surface area contributed by atoms with E-state index in [2.05, 4.69) is 33.3 Å². The Kier molecular flexibility index (Phi) is 6.71. The number of rotatable bonds is 9. The lowest BCUT2D eigenvalue weighted by Crippen LogP contribution is -2.18. The number of aromatic nitrogens is 3. The molecule has 2 aromatic heterocycles. The summed E-state index contributed by atoms with van der Waals surface area (Å²) in [4.78, 5) is 23.9. The number of H-pyrrole nitrogens is 1. The molecule has 1 aromatic carbocycles. The fourth-order valence-corrected chi connectivity index (χ4v) is 2.62. The lowest BCUT2D eigenvalue weighted by atomic mass is 10.2. The summed E-state index contributed by atoms with van der Waals surface area (Å²) in [5, 5.41) is 2.83. The minimum Gasteiger partial charge on any atom is -0.368 e. The van der Waals surface area contributed by atoms with Gasteiger partial charge < -0.3 is 15.0 Å². The highest BCUT2D eigenvalue weighted by Gasteiger charge is 2.07. The van der Waals surface area contributed by atoms with Crippen LogP contribution in [0.5, 0.6) is 0 Å². The maximum absolute atomic E-state index is 11.9. The Morgan fingerprint density at radius 3 is 2.85 bits per heavy atom. The van der Waals surface area contributed by atoms with Gasteiger partial charge in [0.25, 0.3) is 0 Å². The minimum atomic E-state index is -0.169. The molecule has 140 valence electrons. The van der Waals surface area contributed by atoms with Gasteiger partial charge in [-0.05, 0) is 42.8 Å². The fraction of sp³-hybridized carbons (Fsp3) is 0.286. The van der Waals surface area contributed by atoms with Gasteiger partial charge in [0, 0.05) is 17.4 Å². The van der Waals surface area contributed by atoms with E-state index in [1.165, 1.54) is 12.8 Å². The number of allylic oxidation sites excluding steroid dienone is 1. The van der Waals surface area contributed by atoms with Gasteiger partial charge in [0.1, 0.15) is 12.4 Å². The fourth-order valence-electron chi connectivity index (χ4n) is 2.62. The monoisotopic (exact) mass is 364 g/mol. The number of pyridine rings is 1. The number of nitrogens with one attached hydrogen (secondary N) is 2. The maximum Gasteiger partial charge on any atom is 0.250 e. The van der Waals surface area contributed by atoms with Crippen LogP contribution in [0, 0.1) is 0 Å². The van der Waals surface area contributed by atoms with E-state index < -0.39 is 0 Å². The molecule has 0 atom stereocenters. The molecule has 6 heteroatoms. The van der Waals surface area contributed by atoms with Crippen molar-refractivity contribution in [2.45, 2.75) is 26.2 Å². The average molecular weight is 364 g/mol. The SMILES string of the molecule is CCCC/C=C/COCC(=O)Nc1ccc(-c2nc3ncccc3[nH]2)cc1. The van der Waals surface area contributed by atoms with E-state index in [9.17, 15) is 4.79 Å². The van der Waals surface area contributed by atoms with Crippen molar-refractivity contribution in [1.82, 2.24) is 15.0 Å². The topological polar surface area (TPSA) is 79.9 Å². The molecule has 0 fully saturated rings. The molecule has 2 heterocycles. The third-order valence-electron chi connectivity index (χ3n) is 4.04. The van der Waals surface area contributed by atoms with Crippen LogP contribution in [-0.2, 0) is 9.53 Å². The van der Waals surface area contributed by atoms with E-state index in [1.807, 2.05) is 42.5 Å². The van der Waals surface area contributed by atoms with Gasteiger partial charge in [0.15, 0.2) is 5.65 Å². The van der Waals surface area contributed by atoms with Crippen molar-refractivity contribution in [3.8, 4) is 11.4 Å². The molecule has 3 aromatic rings. The number of carbonyl (C=O) groups is 1. The Morgan fingerprint density at radius 2 is 2.07 bits per heavy atom. The molecule has 0 aliphatic carbocycles. The van der Waals surface area contributed by atoms with Gasteiger partial charge in [-0.3, -0.25) is 4.79 Å². The van der Waals surface area contributed by atoms with E-state index in [-0.39, 0.29) is 12.5 Å². The van der Waals surface area contributed by atoms with Crippen LogP contribution in [0.1, 0.15) is 26.2 Å². The Morgan fingerprint density at radius 1 is 1.22 bits per heavy atom. The Hall–Kier alpha value is -2.99. The molecular formula is C21H24N4O2. The lowest BCUT2D eigenvalue weighted by molar-refractivity contribution is -0.120. The van der Waals surface area contributed by atoms with Crippen molar-refractivity contribution in [3.05, 3.63) is 54.7 Å². The number of imidazole rings is 1. The van der Waals surface area contributed by atoms with Crippen LogP contribution in [0.2, 0.25) is 0 Å². The molecule has 6 nitrogen and oxygen atoms in total. The highest BCUT2D eigenvalue weighted by atomic mass is 16.5. The highest BCUT2D eigenvalue weighted by Crippen LogP contribution is 2.21. The summed E-state index contributed by atoms with van der Waals surface area (Å²) >= 11 is 0. The molecule has 0 spiro atoms. The number of amides is 1. The molecule has 1 amide bonds. The second kappa shape index (κ2) is 9.64. The average Bonchev–Trinajstić information content (AvgIpc) is 3.12. The number of nitrogens with zero attached hydrogens (tertiary/aromatic N) is 2. The molecule has 0 aliphatic heterocycles. The van der Waals surface area contributed by atoms with Crippen LogP contribution in [0.25, 0.3) is 22.6 Å². The van der Waals surface area contributed by atoms with Gasteiger partial charge in [-0.15, -0.1) is 0 Å². The summed E-state index contributed by atoms with van der Waals surface area (Å²) < 4.78 is 5.35. The van der Waals surface area contributed by atoms with Gasteiger partial charge in [-0.2, -0.15) is 0 Å². The van der Waals surface area contributed by atoms with E-state index in [0.717, 1.165) is 29.0 Å². The minimum absolute atomic E-state index is 0.0368. The molecular weight excluding hydrogens is 340 g/mol. The van der Waals surface area contributed by atoms with E-state index in [4.69, 9.17) is 4.74 Å². The second-order valence-electron chi connectivity index (χ2n) is 6.21. The number of anilines is 1. The van der Waals surface area contributed by atoms with Gasteiger partial charge >= 0.3 is 0 Å². The van der Waals surface area contributed by atoms with Gasteiger partial charge in [-0.1, -0.05) is 31.9 Å². The largest absolute Gasteiger partial charge is 0.368 e. The quantitative estimate of drug-likeness (QED) is 0.437. The summed E-state index contributed by atoms with van der Waals surface area (Å²) in [6.07, 6.45) is 9.18. The van der Waals surface area contributed by atoms with Crippen molar-refractivity contribution in [3.63, 3.8) is 0 Å². The number of hydrogen-bond acceptors (Lipinski definition) is 4. The Bertz CT molecular complexity index is 867. The molecule has 0 bridgehead atoms. The van der Waals surface area contributed by atoms with Crippen LogP contribution in [0.3, 0.4) is 0 Å². The predicted molar refractivity (Wildman–Crippen MR) is 107 cm³/mol. The van der Waals surface area contributed by atoms with Crippen LogP contribution < -0.4 is 5.32 Å². The third kappa shape index (κ3) is 5.49. The summed E-state index contributed by atoms with van der Waals surface area (Å²) in [7, 11) is 0. The summed E-state index contributed by atoms with van der Waals surface area (Å²) in [6.45, 7) is 2.65. The third-order valence-corrected chi connectivity index (χ3v) is 4.04. The van der Waals surface area contributed by atoms with Crippen molar-refractivity contribution < 1.29 is 9.53 Å². The first-order valence-corrected chi connectivity index (χ1v) is 9.20. The van der Waals surface area contributed by atoms with Crippen molar-refractivity contribution in [2.24, 2.45) is 0 Å². The molecule has 27 heavy (non-hydrogen) atoms. The van der Waals surface area contributed by atoms with Crippen LogP contribution in [0.15, 0.2) is 54.7 Å². The molecule has 0 aliphatic rings. The van der Waals surface area contributed by atoms with Gasteiger partial charge in [0.05, 0.1) is 12.1 Å². The zero-order chi connectivity index (χ0) is 18.9. The number of unbranched alkanes of at least 4 members (excludes halogenated alkanes) is 2. The van der Waals surface area contributed by atoms with Crippen molar-refractivity contribution in [1.29, 1.82) is 0 Å². The molecule has 0 radical (unpaired) electrons. The van der Waals surface area contributed by atoms with E-state index in [1.54, 1.807) is 6.20 Å². The first-order valence-electron chi connectivity index (χ1n) is 9.20. The first-order chi connectivity index (χ1) is 13.3. The number of benzene rings is 1. The zero-order valence-electron chi connectivity index (χ0n) is 15.4. The second-order valence-corrected chi connectivity index (χ2v) is 6.21. The molecule has 2 N–H and O–H groups in total. The number of ether oxygens (including phenoxy) is 1. The smallest absolute Gasteiger partial charge is 0.250 e. The lowest BCUT2D eigenvalue weighted by Gasteiger charge is -2.06. The molecule has 3 rings (SSSR count). The van der Waals surface area contributed by atoms with Crippen LogP contribution in [0.4, 0.5) is 5.69 Å². The highest BCUT2D eigenvalue weighted by molar-refractivity contribution is 5.92. The normalized spacial score (nSPS) is 11.3. The number of fused-ring (bicyclic) bond motifs is 1. The van der Waals surface area contributed by atoms with Gasteiger partial charge in [-0.25, -0.2) is 9.97 Å². The van der Waals surface area contributed by atoms with E-state index in [0.29, 0.717) is 12.3 Å². The van der Waals surface area contributed by atoms with E-state index >= 15 is 0 Å². The number of carbonyl (C=O) groups excluding carboxylic acids is 1. The number of aromatic amines is 1. The Balaban J connectivity index is 1.48. The predicted octanol–water partition coefficient (Wildman–Crippen LogP) is 4.33. The molecule has 0 saturated carbocycles. The maximum atomic E-state index is 11.9. The molecule has 0 saturated heterocycles. The van der Waals surface area contributed by atoms with Crippen LogP contribution in [-0.4, -0.2) is 34.1 Å². The summed E-state index contributed by atoms with van der Waals surface area (Å²) in [6, 6.07) is 11.3. The summed E-state index contributed by atoms with van der Waals surface area (Å²) in [5.41, 5.74) is 3.23. The zero-order valence-corrected chi connectivity index (χ0v) is 15.4. The Labute approximate surface area is 158 Å². The number of hydrogen-bond donors (Lipinski definition) is 2. The van der Waals surface area contributed by atoms with Crippen molar-refractivity contribution in [2.75, 3.05) is 18.5 Å².